The summed E-state index contributed by atoms with van der Waals surface area (Å²) in [6.45, 7) is 0.0513. The molecule has 0 atom stereocenters. The first-order valence-electron chi connectivity index (χ1n) is 4.18. The summed E-state index contributed by atoms with van der Waals surface area (Å²) in [6, 6.07) is 2.92. The highest BCUT2D eigenvalue weighted by Gasteiger charge is 2.16. The van der Waals surface area contributed by atoms with Crippen molar-refractivity contribution in [3.8, 4) is 5.75 Å². The summed E-state index contributed by atoms with van der Waals surface area (Å²) in [7, 11) is 0. The third-order valence-corrected chi connectivity index (χ3v) is 2.79. The largest absolute Gasteiger partial charge is 0.434 e. The number of benzene rings is 1. The summed E-state index contributed by atoms with van der Waals surface area (Å²) in [5.74, 6) is -0.386. The van der Waals surface area contributed by atoms with Crippen molar-refractivity contribution in [3.63, 3.8) is 0 Å². The molecule has 0 N–H and O–H groups in total. The van der Waals surface area contributed by atoms with Gasteiger partial charge in [-0.05, 0) is 31.5 Å². The van der Waals surface area contributed by atoms with Gasteiger partial charge in [0.1, 0.15) is 5.75 Å². The zero-order valence-electron chi connectivity index (χ0n) is 8.18. The molecule has 5 heteroatoms. The first-order valence-corrected chi connectivity index (χ1v) is 4.97. The average Bonchev–Trinajstić information content (AvgIpc) is 2.10. The Bertz CT molecular complexity index is 391. The van der Waals surface area contributed by atoms with E-state index in [9.17, 15) is 13.6 Å². The second-order valence-corrected chi connectivity index (χ2v) is 3.83. The highest BCUT2D eigenvalue weighted by atomic mass is 79.9. The van der Waals surface area contributed by atoms with E-state index in [-0.39, 0.29) is 17.1 Å². The van der Waals surface area contributed by atoms with Crippen molar-refractivity contribution < 1.29 is 18.3 Å². The van der Waals surface area contributed by atoms with Gasteiger partial charge in [-0.15, -0.1) is 0 Å². The molecule has 1 aromatic carbocycles. The molecule has 0 unspecified atom stereocenters. The minimum absolute atomic E-state index is 0.0850. The smallest absolute Gasteiger partial charge is 0.387 e. The Balaban J connectivity index is 3.27. The van der Waals surface area contributed by atoms with E-state index < -0.39 is 6.61 Å². The van der Waals surface area contributed by atoms with Crippen molar-refractivity contribution in [3.05, 3.63) is 27.7 Å². The molecule has 82 valence electrons. The van der Waals surface area contributed by atoms with Gasteiger partial charge in [0.05, 0.1) is 5.56 Å². The molecule has 0 bridgehead atoms. The Labute approximate surface area is 94.4 Å². The number of carbonyl (C=O) groups is 1. The summed E-state index contributed by atoms with van der Waals surface area (Å²) in [5, 5.41) is 0. The van der Waals surface area contributed by atoms with Crippen LogP contribution < -0.4 is 4.74 Å². The molecule has 1 rings (SSSR count). The van der Waals surface area contributed by atoms with E-state index in [1.807, 2.05) is 0 Å². The third kappa shape index (κ3) is 2.75. The van der Waals surface area contributed by atoms with E-state index >= 15 is 0 Å². The summed E-state index contributed by atoms with van der Waals surface area (Å²) < 4.78 is 29.1. The molecule has 0 radical (unpaired) electrons. The van der Waals surface area contributed by atoms with Crippen LogP contribution in [0.15, 0.2) is 16.6 Å². The maximum absolute atomic E-state index is 12.1. The van der Waals surface area contributed by atoms with Gasteiger partial charge in [0, 0.05) is 4.47 Å². The Kier molecular flexibility index (Phi) is 3.79. The number of alkyl halides is 2. The van der Waals surface area contributed by atoms with Crippen molar-refractivity contribution in [2.24, 2.45) is 0 Å². The maximum atomic E-state index is 12.1. The number of rotatable bonds is 3. The molecule has 0 aliphatic heterocycles. The zero-order valence-corrected chi connectivity index (χ0v) is 9.77. The number of halogens is 3. The lowest BCUT2D eigenvalue weighted by Gasteiger charge is -2.12. The lowest BCUT2D eigenvalue weighted by atomic mass is 10.0. The summed E-state index contributed by atoms with van der Waals surface area (Å²) in [4.78, 5) is 11.3. The fourth-order valence-electron chi connectivity index (χ4n) is 1.29. The minimum atomic E-state index is -2.93. The first kappa shape index (κ1) is 12.1. The Morgan fingerprint density at radius 3 is 2.53 bits per heavy atom. The molecule has 0 aliphatic carbocycles. The average molecular weight is 279 g/mol. The molecular weight excluding hydrogens is 270 g/mol. The van der Waals surface area contributed by atoms with E-state index in [1.165, 1.54) is 13.0 Å². The molecule has 0 heterocycles. The molecule has 0 saturated heterocycles. The lowest BCUT2D eigenvalue weighted by molar-refractivity contribution is -0.0501. The van der Waals surface area contributed by atoms with Crippen molar-refractivity contribution in [1.29, 1.82) is 0 Å². The third-order valence-electron chi connectivity index (χ3n) is 1.93. The molecule has 0 aliphatic rings. The van der Waals surface area contributed by atoms with E-state index in [1.54, 1.807) is 13.0 Å². The van der Waals surface area contributed by atoms with Gasteiger partial charge in [-0.2, -0.15) is 8.78 Å². The molecule has 15 heavy (non-hydrogen) atoms. The Morgan fingerprint density at radius 2 is 2.07 bits per heavy atom. The van der Waals surface area contributed by atoms with Gasteiger partial charge in [-0.1, -0.05) is 15.9 Å². The number of ether oxygens (including phenoxy) is 1. The number of ketones is 1. The van der Waals surface area contributed by atoms with Crippen molar-refractivity contribution in [1.82, 2.24) is 0 Å². The van der Waals surface area contributed by atoms with Crippen LogP contribution in [0, 0.1) is 6.92 Å². The van der Waals surface area contributed by atoms with E-state index in [0.717, 1.165) is 0 Å². The van der Waals surface area contributed by atoms with Gasteiger partial charge >= 0.3 is 6.61 Å². The minimum Gasteiger partial charge on any atom is -0.434 e. The molecule has 0 amide bonds. The van der Waals surface area contributed by atoms with E-state index in [4.69, 9.17) is 0 Å². The first-order chi connectivity index (χ1) is 6.93. The molecule has 2 nitrogen and oxygen atoms in total. The fraction of sp³-hybridized carbons (Fsp3) is 0.300. The van der Waals surface area contributed by atoms with E-state index in [0.29, 0.717) is 10.0 Å². The molecule has 0 fully saturated rings. The second kappa shape index (κ2) is 4.70. The van der Waals surface area contributed by atoms with Crippen LogP contribution in [0.2, 0.25) is 0 Å². The van der Waals surface area contributed by atoms with Crippen LogP contribution in [0.25, 0.3) is 0 Å². The van der Waals surface area contributed by atoms with Crippen molar-refractivity contribution >= 4 is 21.7 Å². The van der Waals surface area contributed by atoms with Crippen LogP contribution in [0.5, 0.6) is 5.75 Å². The van der Waals surface area contributed by atoms with Gasteiger partial charge in [-0.25, -0.2) is 0 Å². The van der Waals surface area contributed by atoms with Crippen LogP contribution in [-0.4, -0.2) is 12.4 Å². The molecule has 0 spiro atoms. The zero-order chi connectivity index (χ0) is 11.6. The van der Waals surface area contributed by atoms with Crippen LogP contribution >= 0.6 is 15.9 Å². The van der Waals surface area contributed by atoms with Gasteiger partial charge < -0.3 is 4.74 Å². The fourth-order valence-corrected chi connectivity index (χ4v) is 1.62. The summed E-state index contributed by atoms with van der Waals surface area (Å²) in [6.07, 6.45) is 0. The number of hydrogen-bond acceptors (Lipinski definition) is 2. The predicted molar refractivity (Wildman–Crippen MR) is 55.5 cm³/mol. The lowest BCUT2D eigenvalue weighted by Crippen LogP contribution is -2.08. The van der Waals surface area contributed by atoms with Crippen LogP contribution in [0.1, 0.15) is 22.8 Å². The standard InChI is InChI=1S/C10H9BrF2O2/c1-5-7(11)3-4-8(15-10(12)13)9(5)6(2)14/h3-4,10H,1-2H3. The molecule has 1 aromatic rings. The highest BCUT2D eigenvalue weighted by Crippen LogP contribution is 2.29. The summed E-state index contributed by atoms with van der Waals surface area (Å²) in [5.41, 5.74) is 0.783. The predicted octanol–water partition coefficient (Wildman–Crippen LogP) is 3.56. The quantitative estimate of drug-likeness (QED) is 0.791. The number of hydrogen-bond donors (Lipinski definition) is 0. The van der Waals surface area contributed by atoms with Crippen molar-refractivity contribution in [2.45, 2.75) is 20.5 Å². The summed E-state index contributed by atoms with van der Waals surface area (Å²) >= 11 is 3.22. The topological polar surface area (TPSA) is 26.3 Å². The van der Waals surface area contributed by atoms with Gasteiger partial charge in [0.25, 0.3) is 0 Å². The highest BCUT2D eigenvalue weighted by molar-refractivity contribution is 9.10. The monoisotopic (exact) mass is 278 g/mol. The van der Waals surface area contributed by atoms with Gasteiger partial charge in [0.2, 0.25) is 0 Å². The van der Waals surface area contributed by atoms with E-state index in [2.05, 4.69) is 20.7 Å². The number of Topliss-reactive ketones (excluding diaryl/α,β-unsaturated/α-hetero) is 1. The molecule has 0 aromatic heterocycles. The number of carbonyl (C=O) groups excluding carboxylic acids is 1. The Hall–Kier alpha value is -0.970. The van der Waals surface area contributed by atoms with Crippen LogP contribution in [0.4, 0.5) is 8.78 Å². The second-order valence-electron chi connectivity index (χ2n) is 2.98. The normalized spacial score (nSPS) is 10.5. The van der Waals surface area contributed by atoms with Gasteiger partial charge in [0.15, 0.2) is 5.78 Å². The molecule has 0 saturated carbocycles. The van der Waals surface area contributed by atoms with Crippen LogP contribution in [-0.2, 0) is 0 Å². The maximum Gasteiger partial charge on any atom is 0.387 e. The SMILES string of the molecule is CC(=O)c1c(OC(F)F)ccc(Br)c1C. The Morgan fingerprint density at radius 1 is 1.47 bits per heavy atom. The molecular formula is C10H9BrF2O2. The van der Waals surface area contributed by atoms with Gasteiger partial charge in [-0.3, -0.25) is 4.79 Å². The van der Waals surface area contributed by atoms with Crippen molar-refractivity contribution in [2.75, 3.05) is 0 Å². The van der Waals surface area contributed by atoms with Crippen LogP contribution in [0.3, 0.4) is 0 Å².